The highest BCUT2D eigenvalue weighted by molar-refractivity contribution is 6.01. The minimum atomic E-state index is -0.868. The molecule has 2 aliphatic heterocycles. The SMILES string of the molecule is Cc1c(CN2CCC[C@@](C[C@H]3CC(c4ccc(F)cc4)=NO3)(C(=O)O)C2)cnn1C. The number of aryl methyl sites for hydroxylation is 1. The van der Waals surface area contributed by atoms with Crippen molar-refractivity contribution in [1.82, 2.24) is 14.7 Å². The van der Waals surface area contributed by atoms with E-state index in [0.29, 0.717) is 32.4 Å². The van der Waals surface area contributed by atoms with Gasteiger partial charge in [-0.15, -0.1) is 0 Å². The second-order valence-electron chi connectivity index (χ2n) is 8.46. The Morgan fingerprint density at radius 1 is 1.37 bits per heavy atom. The molecule has 1 aromatic heterocycles. The Hall–Kier alpha value is -2.74. The molecule has 1 fully saturated rings. The van der Waals surface area contributed by atoms with Crippen molar-refractivity contribution in [2.75, 3.05) is 13.1 Å². The lowest BCUT2D eigenvalue weighted by Gasteiger charge is -2.40. The summed E-state index contributed by atoms with van der Waals surface area (Å²) in [5.74, 6) is -1.08. The Labute approximate surface area is 175 Å². The van der Waals surface area contributed by atoms with Crippen LogP contribution in [0, 0.1) is 18.2 Å². The van der Waals surface area contributed by atoms with Crippen LogP contribution in [0.1, 0.15) is 42.5 Å². The average molecular weight is 414 g/mol. The van der Waals surface area contributed by atoms with Gasteiger partial charge in [-0.1, -0.05) is 17.3 Å². The number of aromatic nitrogens is 2. The van der Waals surface area contributed by atoms with Gasteiger partial charge in [-0.05, 0) is 44.0 Å². The summed E-state index contributed by atoms with van der Waals surface area (Å²) in [6.45, 7) is 4.06. The van der Waals surface area contributed by atoms with Gasteiger partial charge < -0.3 is 9.94 Å². The lowest BCUT2D eigenvalue weighted by molar-refractivity contribution is -0.156. The van der Waals surface area contributed by atoms with Crippen LogP contribution in [0.2, 0.25) is 0 Å². The van der Waals surface area contributed by atoms with Gasteiger partial charge in [-0.2, -0.15) is 5.10 Å². The summed E-state index contributed by atoms with van der Waals surface area (Å²) in [5.41, 5.74) is 2.89. The molecule has 0 amide bonds. The standard InChI is InChI=1S/C22H27FN4O3/c1-15-17(12-24-26(15)2)13-27-9-3-8-22(14-27,21(28)29)11-19-10-20(25-30-19)16-4-6-18(23)7-5-16/h4-7,12,19H,3,8-11,13-14H2,1-2H3,(H,28,29)/t19-,22+/m1/s1. The molecule has 0 aliphatic carbocycles. The van der Waals surface area contributed by atoms with Crippen LogP contribution in [-0.4, -0.2) is 50.7 Å². The zero-order valence-corrected chi connectivity index (χ0v) is 17.3. The van der Waals surface area contributed by atoms with Crippen LogP contribution >= 0.6 is 0 Å². The van der Waals surface area contributed by atoms with E-state index in [4.69, 9.17) is 4.84 Å². The van der Waals surface area contributed by atoms with Crippen LogP contribution in [0.4, 0.5) is 4.39 Å². The fourth-order valence-electron chi connectivity index (χ4n) is 4.52. The van der Waals surface area contributed by atoms with E-state index in [2.05, 4.69) is 15.2 Å². The molecular formula is C22H27FN4O3. The van der Waals surface area contributed by atoms with Crippen LogP contribution in [0.25, 0.3) is 0 Å². The van der Waals surface area contributed by atoms with Gasteiger partial charge in [-0.3, -0.25) is 14.4 Å². The average Bonchev–Trinajstić information content (AvgIpc) is 3.31. The fourth-order valence-corrected chi connectivity index (χ4v) is 4.52. The molecule has 30 heavy (non-hydrogen) atoms. The number of hydrogen-bond donors (Lipinski definition) is 1. The largest absolute Gasteiger partial charge is 0.481 e. The second-order valence-corrected chi connectivity index (χ2v) is 8.46. The number of nitrogens with zero attached hydrogens (tertiary/aromatic N) is 4. The molecule has 0 unspecified atom stereocenters. The molecule has 160 valence electrons. The number of aliphatic carboxylic acids is 1. The first kappa shape index (κ1) is 20.5. The molecule has 0 radical (unpaired) electrons. The zero-order chi connectivity index (χ0) is 21.3. The lowest BCUT2D eigenvalue weighted by atomic mass is 9.74. The number of hydrogen-bond acceptors (Lipinski definition) is 5. The van der Waals surface area contributed by atoms with Gasteiger partial charge in [0.05, 0.1) is 17.3 Å². The molecule has 0 saturated carbocycles. The van der Waals surface area contributed by atoms with Gasteiger partial charge in [0.1, 0.15) is 11.9 Å². The van der Waals surface area contributed by atoms with Crippen LogP contribution in [-0.2, 0) is 23.2 Å². The normalized spacial score (nSPS) is 24.5. The predicted molar refractivity (Wildman–Crippen MR) is 110 cm³/mol. The van der Waals surface area contributed by atoms with Gasteiger partial charge >= 0.3 is 5.97 Å². The number of carboxylic acids is 1. The molecule has 3 heterocycles. The lowest BCUT2D eigenvalue weighted by Crippen LogP contribution is -2.49. The molecule has 2 aromatic rings. The summed E-state index contributed by atoms with van der Waals surface area (Å²) >= 11 is 0. The Morgan fingerprint density at radius 3 is 2.80 bits per heavy atom. The number of benzene rings is 1. The number of likely N-dealkylation sites (tertiary alicyclic amines) is 1. The molecule has 1 N–H and O–H groups in total. The topological polar surface area (TPSA) is 79.9 Å². The zero-order valence-electron chi connectivity index (χ0n) is 17.3. The van der Waals surface area contributed by atoms with Crippen molar-refractivity contribution in [2.24, 2.45) is 17.6 Å². The van der Waals surface area contributed by atoms with E-state index in [9.17, 15) is 14.3 Å². The molecule has 7 nitrogen and oxygen atoms in total. The van der Waals surface area contributed by atoms with Gasteiger partial charge in [0, 0.05) is 44.2 Å². The van der Waals surface area contributed by atoms with E-state index in [1.807, 2.05) is 24.9 Å². The first-order chi connectivity index (χ1) is 14.4. The van der Waals surface area contributed by atoms with Gasteiger partial charge in [0.2, 0.25) is 0 Å². The summed E-state index contributed by atoms with van der Waals surface area (Å²) in [4.78, 5) is 20.2. The van der Waals surface area contributed by atoms with Crippen molar-refractivity contribution < 1.29 is 19.1 Å². The smallest absolute Gasteiger partial charge is 0.311 e. The summed E-state index contributed by atoms with van der Waals surface area (Å²) in [7, 11) is 1.91. The molecule has 1 saturated heterocycles. The molecular weight excluding hydrogens is 387 g/mol. The fraction of sp³-hybridized carbons (Fsp3) is 0.500. The van der Waals surface area contributed by atoms with Crippen LogP contribution in [0.15, 0.2) is 35.6 Å². The van der Waals surface area contributed by atoms with Crippen molar-refractivity contribution in [3.63, 3.8) is 0 Å². The maximum Gasteiger partial charge on any atom is 0.311 e. The first-order valence-corrected chi connectivity index (χ1v) is 10.3. The van der Waals surface area contributed by atoms with Gasteiger partial charge in [-0.25, -0.2) is 4.39 Å². The number of oxime groups is 1. The molecule has 0 spiro atoms. The number of rotatable bonds is 6. The molecule has 2 atom stereocenters. The molecule has 4 rings (SSSR count). The number of halogens is 1. The highest BCUT2D eigenvalue weighted by Gasteiger charge is 2.45. The minimum absolute atomic E-state index is 0.291. The Kier molecular flexibility index (Phi) is 5.60. The molecule has 2 aliphatic rings. The van der Waals surface area contributed by atoms with E-state index < -0.39 is 11.4 Å². The third-order valence-corrected chi connectivity index (χ3v) is 6.37. The third-order valence-electron chi connectivity index (χ3n) is 6.37. The Morgan fingerprint density at radius 2 is 2.13 bits per heavy atom. The van der Waals surface area contributed by atoms with E-state index in [1.54, 1.807) is 12.1 Å². The summed E-state index contributed by atoms with van der Waals surface area (Å²) in [6, 6.07) is 6.13. The predicted octanol–water partition coefficient (Wildman–Crippen LogP) is 3.12. The van der Waals surface area contributed by atoms with Gasteiger partial charge in [0.25, 0.3) is 0 Å². The minimum Gasteiger partial charge on any atom is -0.481 e. The van der Waals surface area contributed by atoms with E-state index >= 15 is 0 Å². The van der Waals surface area contributed by atoms with Crippen LogP contribution in [0.5, 0.6) is 0 Å². The van der Waals surface area contributed by atoms with Crippen molar-refractivity contribution in [3.8, 4) is 0 Å². The van der Waals surface area contributed by atoms with Gasteiger partial charge in [0.15, 0.2) is 0 Å². The number of piperidine rings is 1. The summed E-state index contributed by atoms with van der Waals surface area (Å²) in [5, 5.41) is 18.6. The molecule has 8 heteroatoms. The van der Waals surface area contributed by atoms with E-state index in [0.717, 1.165) is 35.5 Å². The maximum absolute atomic E-state index is 13.2. The Bertz CT molecular complexity index is 956. The second kappa shape index (κ2) is 8.18. The van der Waals surface area contributed by atoms with Crippen molar-refractivity contribution >= 4 is 11.7 Å². The van der Waals surface area contributed by atoms with Crippen LogP contribution in [0.3, 0.4) is 0 Å². The maximum atomic E-state index is 13.2. The van der Waals surface area contributed by atoms with Crippen molar-refractivity contribution in [2.45, 2.75) is 45.3 Å². The van der Waals surface area contributed by atoms with Crippen LogP contribution < -0.4 is 0 Å². The quantitative estimate of drug-likeness (QED) is 0.786. The monoisotopic (exact) mass is 414 g/mol. The highest BCUT2D eigenvalue weighted by atomic mass is 19.1. The van der Waals surface area contributed by atoms with Crippen molar-refractivity contribution in [3.05, 3.63) is 53.1 Å². The molecule has 1 aromatic carbocycles. The summed E-state index contributed by atoms with van der Waals surface area (Å²) in [6.07, 6.45) is 3.94. The number of carboxylic acid groups (broad SMARTS) is 1. The van der Waals surface area contributed by atoms with E-state index in [-0.39, 0.29) is 11.9 Å². The first-order valence-electron chi connectivity index (χ1n) is 10.3. The third kappa shape index (κ3) is 4.09. The highest BCUT2D eigenvalue weighted by Crippen LogP contribution is 2.38. The molecule has 0 bridgehead atoms. The van der Waals surface area contributed by atoms with Crippen molar-refractivity contribution in [1.29, 1.82) is 0 Å². The number of carbonyl (C=O) groups is 1. The Balaban J connectivity index is 1.43. The summed E-state index contributed by atoms with van der Waals surface area (Å²) < 4.78 is 15.0. The van der Waals surface area contributed by atoms with E-state index in [1.165, 1.54) is 12.1 Å².